The van der Waals surface area contributed by atoms with Crippen LogP contribution in [0.15, 0.2) is 224 Å². The summed E-state index contributed by atoms with van der Waals surface area (Å²) in [7, 11) is 0. The summed E-state index contributed by atoms with van der Waals surface area (Å²) in [6.07, 6.45) is 0. The van der Waals surface area contributed by atoms with Crippen molar-refractivity contribution < 1.29 is 0 Å². The number of hydrogen-bond acceptors (Lipinski definition) is 5. The predicted octanol–water partition coefficient (Wildman–Crippen LogP) is 16.8. The lowest BCUT2D eigenvalue weighted by atomic mass is 10.1. The number of nitrogens with zero attached hydrogens (tertiary/aromatic N) is 3. The molecule has 2 heterocycles. The first kappa shape index (κ1) is 35.0. The molecular formula is C54H37N3S2. The fourth-order valence-corrected chi connectivity index (χ4v) is 10.7. The maximum atomic E-state index is 2.40. The Hall–Kier alpha value is -7.18. The van der Waals surface area contributed by atoms with Crippen LogP contribution >= 0.6 is 22.7 Å². The minimum atomic E-state index is 1.12. The molecule has 0 atom stereocenters. The highest BCUT2D eigenvalue weighted by Crippen LogP contribution is 2.49. The first-order valence-corrected chi connectivity index (χ1v) is 21.5. The Morgan fingerprint density at radius 1 is 0.237 bits per heavy atom. The van der Waals surface area contributed by atoms with E-state index in [0.717, 1.165) is 39.8 Å². The van der Waals surface area contributed by atoms with Gasteiger partial charge in [0, 0.05) is 70.8 Å². The molecule has 0 unspecified atom stereocenters. The number of benzene rings is 9. The van der Waals surface area contributed by atoms with Gasteiger partial charge >= 0.3 is 0 Å². The Balaban J connectivity index is 1.06. The van der Waals surface area contributed by atoms with E-state index in [4.69, 9.17) is 0 Å². The second kappa shape index (κ2) is 15.0. The second-order valence-electron chi connectivity index (χ2n) is 14.6. The average molecular weight is 792 g/mol. The lowest BCUT2D eigenvalue weighted by Crippen LogP contribution is -2.10. The van der Waals surface area contributed by atoms with Crippen LogP contribution in [-0.2, 0) is 0 Å². The van der Waals surface area contributed by atoms with E-state index in [0.29, 0.717) is 0 Å². The zero-order valence-electron chi connectivity index (χ0n) is 32.0. The molecule has 2 aromatic heterocycles. The second-order valence-corrected chi connectivity index (χ2v) is 16.7. The van der Waals surface area contributed by atoms with Gasteiger partial charge in [-0.1, -0.05) is 115 Å². The van der Waals surface area contributed by atoms with Crippen LogP contribution in [0.5, 0.6) is 0 Å². The van der Waals surface area contributed by atoms with E-state index in [1.165, 1.54) is 51.7 Å². The topological polar surface area (TPSA) is 9.72 Å². The molecule has 0 N–H and O–H groups in total. The van der Waals surface area contributed by atoms with Gasteiger partial charge in [0.25, 0.3) is 0 Å². The molecule has 3 nitrogen and oxygen atoms in total. The van der Waals surface area contributed by atoms with Gasteiger partial charge in [0.1, 0.15) is 0 Å². The lowest BCUT2D eigenvalue weighted by Gasteiger charge is -2.26. The zero-order valence-corrected chi connectivity index (χ0v) is 33.7. The first-order chi connectivity index (χ1) is 29.3. The summed E-state index contributed by atoms with van der Waals surface area (Å²) >= 11 is 3.72. The van der Waals surface area contributed by atoms with Gasteiger partial charge in [-0.15, -0.1) is 22.7 Å². The quantitative estimate of drug-likeness (QED) is 0.144. The number of anilines is 9. The number of para-hydroxylation sites is 5. The summed E-state index contributed by atoms with van der Waals surface area (Å²) in [6, 6.07) is 80.8. The molecule has 0 saturated carbocycles. The highest BCUT2D eigenvalue weighted by atomic mass is 32.1. The highest BCUT2D eigenvalue weighted by molar-refractivity contribution is 7.26. The van der Waals surface area contributed by atoms with E-state index in [-0.39, 0.29) is 0 Å². The van der Waals surface area contributed by atoms with E-state index in [9.17, 15) is 0 Å². The van der Waals surface area contributed by atoms with Crippen LogP contribution in [0.3, 0.4) is 0 Å². The molecule has 0 aliphatic heterocycles. The third kappa shape index (κ3) is 6.29. The van der Waals surface area contributed by atoms with E-state index >= 15 is 0 Å². The number of thiophene rings is 2. The zero-order chi connectivity index (χ0) is 39.1. The molecular weight excluding hydrogens is 755 g/mol. The summed E-state index contributed by atoms with van der Waals surface area (Å²) in [5.74, 6) is 0. The van der Waals surface area contributed by atoms with Crippen LogP contribution in [0.1, 0.15) is 0 Å². The van der Waals surface area contributed by atoms with Gasteiger partial charge in [0.15, 0.2) is 0 Å². The maximum Gasteiger partial charge on any atom is 0.0640 e. The first-order valence-electron chi connectivity index (χ1n) is 19.8. The molecule has 0 bridgehead atoms. The van der Waals surface area contributed by atoms with Crippen LogP contribution in [-0.4, -0.2) is 0 Å². The standard InChI is InChI=1S/C54H37N3S2/c1-6-18-38(19-7-1)55(43-32-34-51-47(36-43)45-28-16-30-49(53(45)58-51)56(39-20-8-2-9-21-39)40-22-10-3-11-23-40)44-33-35-52-48(37-44)46-29-17-31-50(54(46)59-52)57(41-24-12-4-13-25-41)42-26-14-5-15-27-42/h1-37H. The molecule has 11 rings (SSSR count). The van der Waals surface area contributed by atoms with Gasteiger partial charge in [0.2, 0.25) is 0 Å². The lowest BCUT2D eigenvalue weighted by molar-refractivity contribution is 1.30. The molecule has 59 heavy (non-hydrogen) atoms. The van der Waals surface area contributed by atoms with Crippen molar-refractivity contribution in [3.63, 3.8) is 0 Å². The maximum absolute atomic E-state index is 2.40. The molecule has 9 aromatic carbocycles. The van der Waals surface area contributed by atoms with E-state index < -0.39 is 0 Å². The van der Waals surface area contributed by atoms with Gasteiger partial charge in [-0.05, 0) is 109 Å². The highest BCUT2D eigenvalue weighted by Gasteiger charge is 2.22. The molecule has 0 amide bonds. The van der Waals surface area contributed by atoms with Crippen molar-refractivity contribution in [3.05, 3.63) is 224 Å². The fraction of sp³-hybridized carbons (Fsp3) is 0. The molecule has 0 spiro atoms. The van der Waals surface area contributed by atoms with Gasteiger partial charge in [-0.25, -0.2) is 0 Å². The van der Waals surface area contributed by atoms with Gasteiger partial charge < -0.3 is 14.7 Å². The smallest absolute Gasteiger partial charge is 0.0640 e. The van der Waals surface area contributed by atoms with Crippen LogP contribution in [0.2, 0.25) is 0 Å². The summed E-state index contributed by atoms with van der Waals surface area (Å²) in [5.41, 5.74) is 10.2. The van der Waals surface area contributed by atoms with E-state index in [1.54, 1.807) is 0 Å². The van der Waals surface area contributed by atoms with Gasteiger partial charge in [-0.3, -0.25) is 0 Å². The Morgan fingerprint density at radius 3 is 0.898 bits per heavy atom. The molecule has 280 valence electrons. The largest absolute Gasteiger partial charge is 0.310 e. The molecule has 0 radical (unpaired) electrons. The fourth-order valence-electron chi connectivity index (χ4n) is 8.36. The van der Waals surface area contributed by atoms with Crippen molar-refractivity contribution in [2.75, 3.05) is 14.7 Å². The Labute approximate surface area is 351 Å². The summed E-state index contributed by atoms with van der Waals surface area (Å²) in [5, 5.41) is 5.00. The van der Waals surface area contributed by atoms with Crippen LogP contribution in [0, 0.1) is 0 Å². The number of fused-ring (bicyclic) bond motifs is 6. The van der Waals surface area contributed by atoms with Crippen LogP contribution < -0.4 is 14.7 Å². The molecule has 11 aromatic rings. The van der Waals surface area contributed by atoms with E-state index in [1.807, 2.05) is 22.7 Å². The van der Waals surface area contributed by atoms with Gasteiger partial charge in [0.05, 0.1) is 20.8 Å². The summed E-state index contributed by atoms with van der Waals surface area (Å²) in [4.78, 5) is 7.15. The van der Waals surface area contributed by atoms with Crippen molar-refractivity contribution in [1.29, 1.82) is 0 Å². The SMILES string of the molecule is c1ccc(N(c2ccc3sc4c(N(c5ccccc5)c5ccccc5)cccc4c3c2)c2ccc3sc4c(N(c5ccccc5)c5ccccc5)cccc4c3c2)cc1. The van der Waals surface area contributed by atoms with E-state index in [2.05, 4.69) is 239 Å². The Kier molecular flexibility index (Phi) is 8.88. The Morgan fingerprint density at radius 2 is 0.559 bits per heavy atom. The minimum Gasteiger partial charge on any atom is -0.310 e. The van der Waals surface area contributed by atoms with Crippen molar-refractivity contribution in [1.82, 2.24) is 0 Å². The number of hydrogen-bond donors (Lipinski definition) is 0. The average Bonchev–Trinajstić information content (AvgIpc) is 3.88. The number of rotatable bonds is 9. The van der Waals surface area contributed by atoms with Crippen LogP contribution in [0.4, 0.5) is 51.2 Å². The van der Waals surface area contributed by atoms with Crippen molar-refractivity contribution in [2.24, 2.45) is 0 Å². The Bertz CT molecular complexity index is 2940. The third-order valence-corrected chi connectivity index (χ3v) is 13.4. The molecule has 0 fully saturated rings. The normalized spacial score (nSPS) is 11.4. The molecule has 5 heteroatoms. The third-order valence-electron chi connectivity index (χ3n) is 11.0. The van der Waals surface area contributed by atoms with Crippen molar-refractivity contribution in [3.8, 4) is 0 Å². The molecule has 0 aliphatic rings. The summed E-state index contributed by atoms with van der Waals surface area (Å²) in [6.45, 7) is 0. The molecule has 0 aliphatic carbocycles. The predicted molar refractivity (Wildman–Crippen MR) is 256 cm³/mol. The monoisotopic (exact) mass is 791 g/mol. The van der Waals surface area contributed by atoms with Crippen molar-refractivity contribution >= 4 is 114 Å². The van der Waals surface area contributed by atoms with Gasteiger partial charge in [-0.2, -0.15) is 0 Å². The summed E-state index contributed by atoms with van der Waals surface area (Å²) < 4.78 is 5.05. The van der Waals surface area contributed by atoms with Crippen LogP contribution in [0.25, 0.3) is 40.3 Å². The minimum absolute atomic E-state index is 1.12. The molecule has 0 saturated heterocycles. The van der Waals surface area contributed by atoms with Crippen molar-refractivity contribution in [2.45, 2.75) is 0 Å².